The van der Waals surface area contributed by atoms with Crippen molar-refractivity contribution in [2.75, 3.05) is 11.4 Å². The van der Waals surface area contributed by atoms with E-state index in [1.165, 1.54) is 0 Å². The SMILES string of the molecule is CC1(C)C(=O)C(C#N)=C[C@]2(c3ccccc3)C(=O)N(c3ccncc3)CC=C12. The van der Waals surface area contributed by atoms with Crippen LogP contribution in [0.4, 0.5) is 5.69 Å². The molecule has 2 aromatic rings. The summed E-state index contributed by atoms with van der Waals surface area (Å²) in [6.07, 6.45) is 6.79. The second-order valence-electron chi connectivity index (χ2n) is 7.54. The number of fused-ring (bicyclic) bond motifs is 1. The van der Waals surface area contributed by atoms with Crippen molar-refractivity contribution >= 4 is 17.4 Å². The number of pyridine rings is 1. The number of nitriles is 1. The van der Waals surface area contributed by atoms with E-state index in [1.54, 1.807) is 49.3 Å². The number of carbonyl (C=O) groups excluding carboxylic acids is 2. The predicted octanol–water partition coefficient (Wildman–Crippen LogP) is 3.35. The third-order valence-corrected chi connectivity index (χ3v) is 5.66. The van der Waals surface area contributed by atoms with Gasteiger partial charge in [-0.3, -0.25) is 14.6 Å². The quantitative estimate of drug-likeness (QED) is 0.761. The first-order valence-corrected chi connectivity index (χ1v) is 9.09. The van der Waals surface area contributed by atoms with Crippen molar-refractivity contribution in [3.63, 3.8) is 0 Å². The molecule has 1 aromatic heterocycles. The van der Waals surface area contributed by atoms with Crippen LogP contribution < -0.4 is 4.90 Å². The van der Waals surface area contributed by atoms with Crippen molar-refractivity contribution in [1.82, 2.24) is 4.98 Å². The molecule has 28 heavy (non-hydrogen) atoms. The Balaban J connectivity index is 2.03. The van der Waals surface area contributed by atoms with Crippen molar-refractivity contribution in [1.29, 1.82) is 5.26 Å². The Morgan fingerprint density at radius 3 is 2.39 bits per heavy atom. The first kappa shape index (κ1) is 17.9. The van der Waals surface area contributed by atoms with Gasteiger partial charge >= 0.3 is 0 Å². The molecule has 4 rings (SSSR count). The fourth-order valence-electron chi connectivity index (χ4n) is 4.28. The van der Waals surface area contributed by atoms with Gasteiger partial charge in [0.25, 0.3) is 0 Å². The molecule has 0 saturated carbocycles. The molecule has 0 fully saturated rings. The van der Waals surface area contributed by atoms with E-state index in [4.69, 9.17) is 0 Å². The van der Waals surface area contributed by atoms with Gasteiger partial charge in [0.2, 0.25) is 5.91 Å². The van der Waals surface area contributed by atoms with E-state index in [9.17, 15) is 14.9 Å². The molecule has 0 unspecified atom stereocenters. The summed E-state index contributed by atoms with van der Waals surface area (Å²) in [5.41, 5.74) is 0.0907. The second kappa shape index (κ2) is 6.28. The number of hydrogen-bond acceptors (Lipinski definition) is 4. The van der Waals surface area contributed by atoms with Crippen molar-refractivity contribution in [3.05, 3.63) is 83.7 Å². The van der Waals surface area contributed by atoms with Gasteiger partial charge in [-0.15, -0.1) is 0 Å². The highest BCUT2D eigenvalue weighted by Gasteiger charge is 2.57. The lowest BCUT2D eigenvalue weighted by atomic mass is 9.56. The van der Waals surface area contributed by atoms with E-state index in [0.29, 0.717) is 6.54 Å². The van der Waals surface area contributed by atoms with Gasteiger partial charge in [-0.25, -0.2) is 0 Å². The smallest absolute Gasteiger partial charge is 0.246 e. The molecule has 2 heterocycles. The van der Waals surface area contributed by atoms with Crippen LogP contribution in [0.15, 0.2) is 78.2 Å². The predicted molar refractivity (Wildman–Crippen MR) is 105 cm³/mol. The molecule has 5 nitrogen and oxygen atoms in total. The first-order valence-electron chi connectivity index (χ1n) is 9.09. The summed E-state index contributed by atoms with van der Waals surface area (Å²) < 4.78 is 0. The molecule has 0 bridgehead atoms. The Morgan fingerprint density at radius 2 is 1.75 bits per heavy atom. The monoisotopic (exact) mass is 369 g/mol. The van der Waals surface area contributed by atoms with Gasteiger partial charge in [-0.1, -0.05) is 36.4 Å². The van der Waals surface area contributed by atoms with Crippen molar-refractivity contribution in [2.45, 2.75) is 19.3 Å². The Labute approximate surface area is 163 Å². The highest BCUT2D eigenvalue weighted by atomic mass is 16.2. The molecule has 1 aliphatic carbocycles. The zero-order valence-electron chi connectivity index (χ0n) is 15.7. The number of amides is 1. The molecule has 0 N–H and O–H groups in total. The lowest BCUT2D eigenvalue weighted by molar-refractivity contribution is -0.125. The van der Waals surface area contributed by atoms with Gasteiger partial charge in [-0.2, -0.15) is 5.26 Å². The number of nitrogens with zero attached hydrogens (tertiary/aromatic N) is 3. The van der Waals surface area contributed by atoms with Crippen LogP contribution in [0.1, 0.15) is 19.4 Å². The Hall–Kier alpha value is -3.52. The number of aromatic nitrogens is 1. The van der Waals surface area contributed by atoms with Crippen LogP contribution in [0.5, 0.6) is 0 Å². The molecule has 0 saturated heterocycles. The number of anilines is 1. The topological polar surface area (TPSA) is 74.1 Å². The molecule has 0 radical (unpaired) electrons. The molecular formula is C23H19N3O2. The maximum Gasteiger partial charge on any atom is 0.246 e. The van der Waals surface area contributed by atoms with Crippen LogP contribution in [-0.4, -0.2) is 23.2 Å². The van der Waals surface area contributed by atoms with Crippen LogP contribution in [-0.2, 0) is 15.0 Å². The normalized spacial score (nSPS) is 23.4. The summed E-state index contributed by atoms with van der Waals surface area (Å²) in [6.45, 7) is 3.94. The summed E-state index contributed by atoms with van der Waals surface area (Å²) in [6, 6.07) is 14.9. The summed E-state index contributed by atoms with van der Waals surface area (Å²) in [4.78, 5) is 32.5. The summed E-state index contributed by atoms with van der Waals surface area (Å²) in [5.74, 6) is -0.423. The Bertz CT molecular complexity index is 1060. The number of Topliss-reactive ketones (excluding diaryl/α,β-unsaturated/α-hetero) is 1. The minimum atomic E-state index is -1.19. The van der Waals surface area contributed by atoms with Gasteiger partial charge in [0, 0.05) is 24.6 Å². The van der Waals surface area contributed by atoms with Crippen LogP contribution >= 0.6 is 0 Å². The third kappa shape index (κ3) is 2.35. The third-order valence-electron chi connectivity index (χ3n) is 5.66. The molecule has 0 spiro atoms. The highest BCUT2D eigenvalue weighted by molar-refractivity contribution is 6.15. The largest absolute Gasteiger partial charge is 0.307 e. The maximum atomic E-state index is 13.9. The zero-order valence-corrected chi connectivity index (χ0v) is 15.7. The average molecular weight is 369 g/mol. The van der Waals surface area contributed by atoms with Crippen LogP contribution in [0.2, 0.25) is 0 Å². The number of hydrogen-bond donors (Lipinski definition) is 0. The van der Waals surface area contributed by atoms with E-state index < -0.39 is 10.8 Å². The summed E-state index contributed by atoms with van der Waals surface area (Å²) in [7, 11) is 0. The van der Waals surface area contributed by atoms with Crippen molar-refractivity contribution in [2.24, 2.45) is 5.41 Å². The number of carbonyl (C=O) groups is 2. The lowest BCUT2D eigenvalue weighted by Gasteiger charge is -2.48. The van der Waals surface area contributed by atoms with Crippen molar-refractivity contribution < 1.29 is 9.59 Å². The van der Waals surface area contributed by atoms with E-state index in [0.717, 1.165) is 16.8 Å². The molecular weight excluding hydrogens is 350 g/mol. The molecule has 1 aliphatic heterocycles. The van der Waals surface area contributed by atoms with Crippen LogP contribution in [0.3, 0.4) is 0 Å². The fraction of sp³-hybridized carbons (Fsp3) is 0.217. The molecule has 1 amide bonds. The maximum absolute atomic E-state index is 13.9. The van der Waals surface area contributed by atoms with Gasteiger partial charge in [0.05, 0.1) is 11.0 Å². The number of benzene rings is 1. The molecule has 5 heteroatoms. The first-order chi connectivity index (χ1) is 13.4. The fourth-order valence-corrected chi connectivity index (χ4v) is 4.28. The lowest BCUT2D eigenvalue weighted by Crippen LogP contribution is -2.56. The minimum Gasteiger partial charge on any atom is -0.307 e. The molecule has 2 aliphatic rings. The zero-order chi connectivity index (χ0) is 19.9. The molecule has 138 valence electrons. The van der Waals surface area contributed by atoms with Gasteiger partial charge in [0.1, 0.15) is 11.5 Å². The summed E-state index contributed by atoms with van der Waals surface area (Å²) in [5, 5.41) is 9.62. The van der Waals surface area contributed by atoms with Gasteiger partial charge in [-0.05, 0) is 43.2 Å². The van der Waals surface area contributed by atoms with Crippen LogP contribution in [0, 0.1) is 16.7 Å². The van der Waals surface area contributed by atoms with Gasteiger partial charge < -0.3 is 4.90 Å². The standard InChI is InChI=1S/C23H19N3O2/c1-22(2)19-10-13-26(18-8-11-25-12-9-18)21(28)23(19,14-16(15-24)20(22)27)17-6-4-3-5-7-17/h3-12,14H,13H2,1-2H3/t23-/m1/s1. The highest BCUT2D eigenvalue weighted by Crippen LogP contribution is 2.52. The van der Waals surface area contributed by atoms with Crippen LogP contribution in [0.25, 0.3) is 0 Å². The van der Waals surface area contributed by atoms with E-state index >= 15 is 0 Å². The molecule has 1 aromatic carbocycles. The number of rotatable bonds is 2. The Morgan fingerprint density at radius 1 is 1.07 bits per heavy atom. The summed E-state index contributed by atoms with van der Waals surface area (Å²) >= 11 is 0. The average Bonchev–Trinajstić information content (AvgIpc) is 2.73. The second-order valence-corrected chi connectivity index (χ2v) is 7.54. The van der Waals surface area contributed by atoms with Gasteiger partial charge in [0.15, 0.2) is 5.78 Å². The number of ketones is 1. The van der Waals surface area contributed by atoms with E-state index in [1.807, 2.05) is 42.5 Å². The van der Waals surface area contributed by atoms with E-state index in [2.05, 4.69) is 4.98 Å². The minimum absolute atomic E-state index is 0.0240. The van der Waals surface area contributed by atoms with E-state index in [-0.39, 0.29) is 17.3 Å². The Kier molecular flexibility index (Phi) is 4.01. The molecule has 1 atom stereocenters. The number of allylic oxidation sites excluding steroid dienone is 1. The van der Waals surface area contributed by atoms with Crippen molar-refractivity contribution in [3.8, 4) is 6.07 Å².